The van der Waals surface area contributed by atoms with Gasteiger partial charge in [0.2, 0.25) is 5.91 Å². The van der Waals surface area contributed by atoms with Crippen LogP contribution < -0.4 is 10.2 Å². The van der Waals surface area contributed by atoms with Gasteiger partial charge in [0, 0.05) is 30.3 Å². The summed E-state index contributed by atoms with van der Waals surface area (Å²) in [4.78, 5) is 28.9. The first-order valence-corrected chi connectivity index (χ1v) is 10.1. The zero-order valence-electron chi connectivity index (χ0n) is 15.4. The Hall–Kier alpha value is -2.55. The highest BCUT2D eigenvalue weighted by Crippen LogP contribution is 2.38. The average Bonchev–Trinajstić information content (AvgIpc) is 3.13. The van der Waals surface area contributed by atoms with E-state index in [4.69, 9.17) is 0 Å². The number of nitriles is 1. The van der Waals surface area contributed by atoms with Gasteiger partial charge in [-0.2, -0.15) is 5.26 Å². The van der Waals surface area contributed by atoms with Crippen molar-refractivity contribution in [1.82, 2.24) is 10.2 Å². The van der Waals surface area contributed by atoms with Crippen LogP contribution in [0.1, 0.15) is 54.4 Å². The number of carbonyl (C=O) groups excluding carboxylic acids is 2. The minimum Gasteiger partial charge on any atom is -0.347 e. The topological polar surface area (TPSA) is 76.4 Å². The molecule has 140 valence electrons. The summed E-state index contributed by atoms with van der Waals surface area (Å²) in [5.74, 6) is 0.726. The van der Waals surface area contributed by atoms with Gasteiger partial charge in [0.25, 0.3) is 5.91 Å². The lowest BCUT2D eigenvalue weighted by atomic mass is 9.95. The molecule has 3 atom stereocenters. The summed E-state index contributed by atoms with van der Waals surface area (Å²) in [6.07, 6.45) is 8.99. The van der Waals surface area contributed by atoms with Crippen LogP contribution in [0.4, 0.5) is 5.69 Å². The second-order valence-electron chi connectivity index (χ2n) is 8.41. The van der Waals surface area contributed by atoms with Crippen LogP contribution in [0.3, 0.4) is 0 Å². The Bertz CT molecular complexity index is 841. The van der Waals surface area contributed by atoms with Crippen molar-refractivity contribution in [2.24, 2.45) is 5.92 Å². The molecule has 1 saturated carbocycles. The molecule has 3 heterocycles. The van der Waals surface area contributed by atoms with Crippen molar-refractivity contribution in [2.75, 3.05) is 11.4 Å². The molecule has 5 rings (SSSR count). The third-order valence-corrected chi connectivity index (χ3v) is 6.67. The molecule has 2 bridgehead atoms. The van der Waals surface area contributed by atoms with E-state index in [9.17, 15) is 14.9 Å². The molecule has 0 spiro atoms. The maximum atomic E-state index is 12.7. The fourth-order valence-corrected chi connectivity index (χ4v) is 5.03. The van der Waals surface area contributed by atoms with E-state index in [1.54, 1.807) is 0 Å². The van der Waals surface area contributed by atoms with Crippen molar-refractivity contribution >= 4 is 17.5 Å². The van der Waals surface area contributed by atoms with Crippen molar-refractivity contribution in [1.29, 1.82) is 5.26 Å². The molecule has 6 nitrogen and oxygen atoms in total. The predicted molar refractivity (Wildman–Crippen MR) is 100.0 cm³/mol. The minimum absolute atomic E-state index is 0.0563. The Balaban J connectivity index is 1.27. The van der Waals surface area contributed by atoms with Crippen molar-refractivity contribution < 1.29 is 9.59 Å². The normalized spacial score (nSPS) is 28.2. The summed E-state index contributed by atoms with van der Waals surface area (Å²) < 4.78 is 0. The van der Waals surface area contributed by atoms with Crippen LogP contribution in [-0.2, 0) is 11.2 Å². The largest absolute Gasteiger partial charge is 0.347 e. The van der Waals surface area contributed by atoms with E-state index in [-0.39, 0.29) is 29.9 Å². The third kappa shape index (κ3) is 2.86. The van der Waals surface area contributed by atoms with E-state index in [0.29, 0.717) is 17.9 Å². The van der Waals surface area contributed by atoms with Crippen LogP contribution in [0.2, 0.25) is 0 Å². The third-order valence-electron chi connectivity index (χ3n) is 6.67. The zero-order valence-corrected chi connectivity index (χ0v) is 15.4. The summed E-state index contributed by atoms with van der Waals surface area (Å²) in [7, 11) is 0. The summed E-state index contributed by atoms with van der Waals surface area (Å²) in [5, 5.41) is 12.4. The highest BCUT2D eigenvalue weighted by Gasteiger charge is 2.46. The number of benzene rings is 1. The number of nitrogens with zero attached hydrogens (tertiary/aromatic N) is 3. The molecule has 3 unspecified atom stereocenters. The molecule has 6 heteroatoms. The highest BCUT2D eigenvalue weighted by molar-refractivity contribution is 5.98. The molecule has 0 radical (unpaired) electrons. The lowest BCUT2D eigenvalue weighted by molar-refractivity contribution is -0.118. The smallest absolute Gasteiger partial charge is 0.251 e. The summed E-state index contributed by atoms with van der Waals surface area (Å²) >= 11 is 0. The van der Waals surface area contributed by atoms with E-state index in [0.717, 1.165) is 43.5 Å². The Kier molecular flexibility index (Phi) is 3.85. The molecule has 4 aliphatic rings. The van der Waals surface area contributed by atoms with Crippen LogP contribution in [0, 0.1) is 17.4 Å². The van der Waals surface area contributed by atoms with Crippen LogP contribution in [0.15, 0.2) is 18.2 Å². The Labute approximate surface area is 159 Å². The van der Waals surface area contributed by atoms with Gasteiger partial charge < -0.3 is 15.1 Å². The maximum absolute atomic E-state index is 12.7. The van der Waals surface area contributed by atoms with Crippen molar-refractivity contribution in [3.05, 3.63) is 29.3 Å². The second kappa shape index (κ2) is 6.26. The number of carbonyl (C=O) groups is 2. The Morgan fingerprint density at radius 2 is 2.07 bits per heavy atom. The summed E-state index contributed by atoms with van der Waals surface area (Å²) in [6.45, 7) is 0.718. The Morgan fingerprint density at radius 1 is 1.22 bits per heavy atom. The van der Waals surface area contributed by atoms with E-state index in [2.05, 4.69) is 11.5 Å². The van der Waals surface area contributed by atoms with Gasteiger partial charge in [-0.25, -0.2) is 0 Å². The number of fused-ring (bicyclic) bond motifs is 3. The molecule has 3 fully saturated rings. The minimum atomic E-state index is -0.0732. The summed E-state index contributed by atoms with van der Waals surface area (Å²) in [5.41, 5.74) is 2.70. The van der Waals surface area contributed by atoms with Gasteiger partial charge >= 0.3 is 0 Å². The van der Waals surface area contributed by atoms with Crippen LogP contribution in [0.5, 0.6) is 0 Å². The lowest BCUT2D eigenvalue weighted by Gasteiger charge is -2.22. The van der Waals surface area contributed by atoms with Crippen LogP contribution >= 0.6 is 0 Å². The van der Waals surface area contributed by atoms with Gasteiger partial charge in [-0.05, 0) is 68.2 Å². The van der Waals surface area contributed by atoms with Gasteiger partial charge in [-0.3, -0.25) is 9.59 Å². The number of anilines is 1. The quantitative estimate of drug-likeness (QED) is 0.831. The number of hydrogen-bond donors (Lipinski definition) is 1. The number of hydrogen-bond acceptors (Lipinski definition) is 4. The first-order chi connectivity index (χ1) is 13.1. The van der Waals surface area contributed by atoms with Gasteiger partial charge in [-0.1, -0.05) is 0 Å². The molecular weight excluding hydrogens is 340 g/mol. The lowest BCUT2D eigenvalue weighted by Crippen LogP contribution is -2.43. The van der Waals surface area contributed by atoms with Crippen molar-refractivity contribution in [3.63, 3.8) is 0 Å². The molecule has 1 aliphatic carbocycles. The molecule has 27 heavy (non-hydrogen) atoms. The molecule has 1 aromatic carbocycles. The first kappa shape index (κ1) is 16.6. The second-order valence-corrected chi connectivity index (χ2v) is 8.41. The predicted octanol–water partition coefficient (Wildman–Crippen LogP) is 2.19. The van der Waals surface area contributed by atoms with Gasteiger partial charge in [0.1, 0.15) is 0 Å². The van der Waals surface area contributed by atoms with Crippen LogP contribution in [-0.4, -0.2) is 41.4 Å². The van der Waals surface area contributed by atoms with E-state index >= 15 is 0 Å². The van der Waals surface area contributed by atoms with Gasteiger partial charge in [0.05, 0.1) is 12.1 Å². The SMILES string of the molecule is N#CN1C2CCC1C(NC(=O)c1ccc3c(c1)CCN3C(=O)CC1CC1)C2. The van der Waals surface area contributed by atoms with Crippen molar-refractivity contribution in [2.45, 2.75) is 63.1 Å². The molecular formula is C21H24N4O2. The standard InChI is InChI=1S/C21H24N4O2/c22-12-25-16-4-6-19(25)17(11-16)23-21(27)15-3-5-18-14(10-15)7-8-24(18)20(26)9-13-1-2-13/h3,5,10,13,16-17,19H,1-2,4,6-9,11H2,(H,23,27). The molecule has 2 amide bonds. The maximum Gasteiger partial charge on any atom is 0.251 e. The average molecular weight is 364 g/mol. The first-order valence-electron chi connectivity index (χ1n) is 10.1. The monoisotopic (exact) mass is 364 g/mol. The fourth-order valence-electron chi connectivity index (χ4n) is 5.03. The van der Waals surface area contributed by atoms with Gasteiger partial charge in [-0.15, -0.1) is 0 Å². The highest BCUT2D eigenvalue weighted by atomic mass is 16.2. The van der Waals surface area contributed by atoms with E-state index < -0.39 is 0 Å². The fraction of sp³-hybridized carbons (Fsp3) is 0.571. The Morgan fingerprint density at radius 3 is 2.81 bits per heavy atom. The molecule has 1 N–H and O–H groups in total. The summed E-state index contributed by atoms with van der Waals surface area (Å²) in [6, 6.07) is 6.17. The van der Waals surface area contributed by atoms with Gasteiger partial charge in [0.15, 0.2) is 6.19 Å². The van der Waals surface area contributed by atoms with E-state index in [1.807, 2.05) is 28.0 Å². The number of nitrogens with one attached hydrogen (secondary N) is 1. The molecule has 3 aliphatic heterocycles. The molecule has 0 aromatic heterocycles. The van der Waals surface area contributed by atoms with Crippen LogP contribution in [0.25, 0.3) is 0 Å². The number of amides is 2. The van der Waals surface area contributed by atoms with Crippen molar-refractivity contribution in [3.8, 4) is 6.19 Å². The number of rotatable bonds is 4. The van der Waals surface area contributed by atoms with E-state index in [1.165, 1.54) is 12.8 Å². The molecule has 1 aromatic rings. The zero-order chi connectivity index (χ0) is 18.5. The molecule has 2 saturated heterocycles.